The number of aryl methyl sites for hydroxylation is 2. The summed E-state index contributed by atoms with van der Waals surface area (Å²) in [6.07, 6.45) is 1.05. The predicted molar refractivity (Wildman–Crippen MR) is 85.7 cm³/mol. The predicted octanol–water partition coefficient (Wildman–Crippen LogP) is 3.96. The van der Waals surface area contributed by atoms with Crippen molar-refractivity contribution in [1.29, 1.82) is 0 Å². The summed E-state index contributed by atoms with van der Waals surface area (Å²) in [6.45, 7) is 2.17. The van der Waals surface area contributed by atoms with Crippen molar-refractivity contribution < 1.29 is 0 Å². The third-order valence-electron chi connectivity index (χ3n) is 3.40. The standard InChI is InChI=1S/C16H17N3S/c1-3-12-9-10-13(20-12)15-14(16(17)19(2)18-15)11-7-5-4-6-8-11/h4-10H,3,17H2,1-2H3. The summed E-state index contributed by atoms with van der Waals surface area (Å²) >= 11 is 1.79. The molecule has 3 aromatic rings. The molecule has 0 aliphatic carbocycles. The van der Waals surface area contributed by atoms with Crippen LogP contribution in [-0.4, -0.2) is 9.78 Å². The fourth-order valence-corrected chi connectivity index (χ4v) is 3.23. The van der Waals surface area contributed by atoms with Crippen molar-refractivity contribution in [3.63, 3.8) is 0 Å². The molecule has 2 aromatic heterocycles. The van der Waals surface area contributed by atoms with Crippen LogP contribution < -0.4 is 5.73 Å². The van der Waals surface area contributed by atoms with E-state index in [1.54, 1.807) is 16.0 Å². The van der Waals surface area contributed by atoms with Crippen molar-refractivity contribution in [2.75, 3.05) is 5.73 Å². The molecule has 0 fully saturated rings. The van der Waals surface area contributed by atoms with E-state index < -0.39 is 0 Å². The molecule has 20 heavy (non-hydrogen) atoms. The maximum atomic E-state index is 6.22. The molecule has 0 spiro atoms. The van der Waals surface area contributed by atoms with Gasteiger partial charge < -0.3 is 5.73 Å². The minimum atomic E-state index is 0.706. The molecule has 2 heterocycles. The Morgan fingerprint density at radius 3 is 2.55 bits per heavy atom. The summed E-state index contributed by atoms with van der Waals surface area (Å²) in [5.74, 6) is 0.706. The first-order valence-corrected chi connectivity index (χ1v) is 7.49. The first kappa shape index (κ1) is 12.9. The van der Waals surface area contributed by atoms with E-state index >= 15 is 0 Å². The number of anilines is 1. The van der Waals surface area contributed by atoms with E-state index in [1.807, 2.05) is 25.2 Å². The van der Waals surface area contributed by atoms with E-state index in [1.165, 1.54) is 9.75 Å². The monoisotopic (exact) mass is 283 g/mol. The molecule has 3 nitrogen and oxygen atoms in total. The largest absolute Gasteiger partial charge is 0.383 e. The number of benzene rings is 1. The Labute approximate surface area is 122 Å². The maximum Gasteiger partial charge on any atom is 0.129 e. The molecule has 0 aliphatic heterocycles. The zero-order valence-electron chi connectivity index (χ0n) is 11.6. The third-order valence-corrected chi connectivity index (χ3v) is 4.63. The van der Waals surface area contributed by atoms with Crippen molar-refractivity contribution in [1.82, 2.24) is 9.78 Å². The molecule has 0 atom stereocenters. The summed E-state index contributed by atoms with van der Waals surface area (Å²) in [5, 5.41) is 4.61. The molecular formula is C16H17N3S. The zero-order chi connectivity index (χ0) is 14.1. The number of thiophene rings is 1. The Bertz CT molecular complexity index is 726. The number of nitrogens with two attached hydrogens (primary N) is 1. The third kappa shape index (κ3) is 2.12. The van der Waals surface area contributed by atoms with Crippen LogP contribution in [0.5, 0.6) is 0 Å². The second-order valence-corrected chi connectivity index (χ2v) is 5.89. The van der Waals surface area contributed by atoms with Gasteiger partial charge in [0.15, 0.2) is 0 Å². The molecule has 0 bridgehead atoms. The normalized spacial score (nSPS) is 10.9. The van der Waals surface area contributed by atoms with E-state index in [0.29, 0.717) is 5.82 Å². The number of hydrogen-bond acceptors (Lipinski definition) is 3. The quantitative estimate of drug-likeness (QED) is 0.790. The molecule has 0 saturated carbocycles. The van der Waals surface area contributed by atoms with Crippen LogP contribution in [0.2, 0.25) is 0 Å². The molecule has 0 unspecified atom stereocenters. The average Bonchev–Trinajstić information content (AvgIpc) is 3.06. The number of rotatable bonds is 3. The van der Waals surface area contributed by atoms with Gasteiger partial charge in [-0.1, -0.05) is 37.3 Å². The van der Waals surface area contributed by atoms with Crippen LogP contribution >= 0.6 is 11.3 Å². The molecule has 2 N–H and O–H groups in total. The summed E-state index contributed by atoms with van der Waals surface area (Å²) in [4.78, 5) is 2.54. The van der Waals surface area contributed by atoms with Gasteiger partial charge in [0, 0.05) is 11.9 Å². The van der Waals surface area contributed by atoms with E-state index in [9.17, 15) is 0 Å². The molecule has 4 heteroatoms. The summed E-state index contributed by atoms with van der Waals surface area (Å²) in [5.41, 5.74) is 9.33. The summed E-state index contributed by atoms with van der Waals surface area (Å²) in [6, 6.07) is 14.5. The lowest BCUT2D eigenvalue weighted by Crippen LogP contribution is -1.97. The highest BCUT2D eigenvalue weighted by atomic mass is 32.1. The fraction of sp³-hybridized carbons (Fsp3) is 0.188. The number of aromatic nitrogens is 2. The van der Waals surface area contributed by atoms with Gasteiger partial charge in [-0.3, -0.25) is 4.68 Å². The van der Waals surface area contributed by atoms with E-state index in [4.69, 9.17) is 5.73 Å². The second kappa shape index (κ2) is 5.13. The van der Waals surface area contributed by atoms with E-state index in [-0.39, 0.29) is 0 Å². The van der Waals surface area contributed by atoms with Gasteiger partial charge in [-0.25, -0.2) is 0 Å². The molecule has 0 saturated heterocycles. The first-order valence-electron chi connectivity index (χ1n) is 6.67. The number of hydrogen-bond donors (Lipinski definition) is 1. The van der Waals surface area contributed by atoms with Gasteiger partial charge in [0.1, 0.15) is 11.5 Å². The Morgan fingerprint density at radius 2 is 1.90 bits per heavy atom. The van der Waals surface area contributed by atoms with Gasteiger partial charge in [-0.05, 0) is 24.1 Å². The highest BCUT2D eigenvalue weighted by Gasteiger charge is 2.18. The SMILES string of the molecule is CCc1ccc(-c2nn(C)c(N)c2-c2ccccc2)s1. The molecular weight excluding hydrogens is 266 g/mol. The summed E-state index contributed by atoms with van der Waals surface area (Å²) in [7, 11) is 1.89. The van der Waals surface area contributed by atoms with Crippen molar-refractivity contribution >= 4 is 17.2 Å². The maximum absolute atomic E-state index is 6.22. The van der Waals surface area contributed by atoms with E-state index in [0.717, 1.165) is 23.2 Å². The lowest BCUT2D eigenvalue weighted by atomic mass is 10.0. The van der Waals surface area contributed by atoms with Crippen molar-refractivity contribution in [2.24, 2.45) is 7.05 Å². The average molecular weight is 283 g/mol. The van der Waals surface area contributed by atoms with Gasteiger partial charge in [0.2, 0.25) is 0 Å². The van der Waals surface area contributed by atoms with Crippen molar-refractivity contribution in [3.8, 4) is 21.7 Å². The van der Waals surface area contributed by atoms with Crippen LogP contribution in [0, 0.1) is 0 Å². The molecule has 0 radical (unpaired) electrons. The van der Waals surface area contributed by atoms with E-state index in [2.05, 4.69) is 36.3 Å². The molecule has 3 rings (SSSR count). The molecule has 1 aromatic carbocycles. The lowest BCUT2D eigenvalue weighted by molar-refractivity contribution is 0.783. The highest BCUT2D eigenvalue weighted by Crippen LogP contribution is 2.38. The van der Waals surface area contributed by atoms with Gasteiger partial charge >= 0.3 is 0 Å². The van der Waals surface area contributed by atoms with Crippen molar-refractivity contribution in [3.05, 3.63) is 47.3 Å². The van der Waals surface area contributed by atoms with Gasteiger partial charge in [-0.15, -0.1) is 11.3 Å². The number of nitrogens with zero attached hydrogens (tertiary/aromatic N) is 2. The van der Waals surface area contributed by atoms with Crippen LogP contribution in [0.1, 0.15) is 11.8 Å². The smallest absolute Gasteiger partial charge is 0.129 e. The van der Waals surface area contributed by atoms with Crippen LogP contribution in [-0.2, 0) is 13.5 Å². The highest BCUT2D eigenvalue weighted by molar-refractivity contribution is 7.15. The van der Waals surface area contributed by atoms with Crippen LogP contribution in [0.15, 0.2) is 42.5 Å². The lowest BCUT2D eigenvalue weighted by Gasteiger charge is -2.02. The van der Waals surface area contributed by atoms with Gasteiger partial charge in [-0.2, -0.15) is 5.10 Å². The first-order chi connectivity index (χ1) is 9.70. The summed E-state index contributed by atoms with van der Waals surface area (Å²) < 4.78 is 1.75. The number of nitrogen functional groups attached to an aromatic ring is 1. The van der Waals surface area contributed by atoms with Crippen LogP contribution in [0.3, 0.4) is 0 Å². The molecule has 0 amide bonds. The second-order valence-electron chi connectivity index (χ2n) is 4.72. The van der Waals surface area contributed by atoms with Gasteiger partial charge in [0.25, 0.3) is 0 Å². The minimum Gasteiger partial charge on any atom is -0.383 e. The Hall–Kier alpha value is -2.07. The Kier molecular flexibility index (Phi) is 3.32. The Morgan fingerprint density at radius 1 is 1.15 bits per heavy atom. The van der Waals surface area contributed by atoms with Crippen LogP contribution in [0.25, 0.3) is 21.7 Å². The molecule has 102 valence electrons. The minimum absolute atomic E-state index is 0.706. The van der Waals surface area contributed by atoms with Crippen LogP contribution in [0.4, 0.5) is 5.82 Å². The topological polar surface area (TPSA) is 43.8 Å². The fourth-order valence-electron chi connectivity index (χ4n) is 2.29. The van der Waals surface area contributed by atoms with Gasteiger partial charge in [0.05, 0.1) is 10.4 Å². The molecule has 0 aliphatic rings. The zero-order valence-corrected chi connectivity index (χ0v) is 12.4. The Balaban J connectivity index is 2.19. The van der Waals surface area contributed by atoms with Crippen molar-refractivity contribution in [2.45, 2.75) is 13.3 Å².